The molecule has 5 nitrogen and oxygen atoms in total. The van der Waals surface area contributed by atoms with E-state index in [1.54, 1.807) is 18.1 Å². The molecule has 0 N–H and O–H groups in total. The van der Waals surface area contributed by atoms with Gasteiger partial charge in [0.25, 0.3) is 0 Å². The van der Waals surface area contributed by atoms with Crippen LogP contribution >= 0.6 is 35.0 Å². The van der Waals surface area contributed by atoms with Gasteiger partial charge in [0.15, 0.2) is 10.8 Å². The Balaban J connectivity index is 1.62. The Labute approximate surface area is 140 Å². The number of hydrogen-bond donors (Lipinski definition) is 0. The summed E-state index contributed by atoms with van der Waals surface area (Å²) >= 11 is 13.7. The molecule has 112 valence electrons. The van der Waals surface area contributed by atoms with Gasteiger partial charge in [-0.3, -0.25) is 0 Å². The van der Waals surface area contributed by atoms with Crippen LogP contribution in [0.1, 0.15) is 0 Å². The number of ether oxygens (including phenoxy) is 1. The van der Waals surface area contributed by atoms with Crippen molar-refractivity contribution in [1.29, 1.82) is 0 Å². The Hall–Kier alpha value is -1.50. The van der Waals surface area contributed by atoms with Gasteiger partial charge < -0.3 is 9.30 Å². The molecule has 3 heterocycles. The van der Waals surface area contributed by atoms with Crippen molar-refractivity contribution in [2.45, 2.75) is 16.7 Å². The Kier molecular flexibility index (Phi) is 3.60. The highest BCUT2D eigenvalue weighted by molar-refractivity contribution is 8.00. The minimum Gasteiger partial charge on any atom is -0.491 e. The lowest BCUT2D eigenvalue weighted by Crippen LogP contribution is -2.24. The van der Waals surface area contributed by atoms with Gasteiger partial charge in [0.2, 0.25) is 5.28 Å². The third-order valence-electron chi connectivity index (χ3n) is 3.36. The summed E-state index contributed by atoms with van der Waals surface area (Å²) in [4.78, 5) is 13.5. The van der Waals surface area contributed by atoms with Gasteiger partial charge in [0, 0.05) is 11.4 Å². The van der Waals surface area contributed by atoms with Crippen molar-refractivity contribution in [2.24, 2.45) is 0 Å². The summed E-state index contributed by atoms with van der Waals surface area (Å²) in [5.41, 5.74) is 1.21. The number of aromatic nitrogens is 4. The smallest absolute Gasteiger partial charge is 0.225 e. The van der Waals surface area contributed by atoms with Crippen molar-refractivity contribution in [3.8, 4) is 5.75 Å². The van der Waals surface area contributed by atoms with Crippen LogP contribution in [0.4, 0.5) is 0 Å². The molecule has 1 aliphatic rings. The van der Waals surface area contributed by atoms with Crippen molar-refractivity contribution in [3.05, 3.63) is 41.0 Å². The number of benzene rings is 1. The minimum atomic E-state index is 0.122. The second-order valence-electron chi connectivity index (χ2n) is 4.85. The molecule has 8 heteroatoms. The third-order valence-corrected chi connectivity index (χ3v) is 5.00. The Morgan fingerprint density at radius 2 is 2.14 bits per heavy atom. The van der Waals surface area contributed by atoms with Gasteiger partial charge >= 0.3 is 0 Å². The first-order chi connectivity index (χ1) is 10.7. The van der Waals surface area contributed by atoms with Gasteiger partial charge in [-0.15, -0.1) is 11.8 Å². The summed E-state index contributed by atoms with van der Waals surface area (Å²) in [6.07, 6.45) is 1.71. The van der Waals surface area contributed by atoms with Crippen molar-refractivity contribution >= 4 is 46.1 Å². The quantitative estimate of drug-likeness (QED) is 0.520. The second kappa shape index (κ2) is 5.61. The maximum atomic E-state index is 6.04. The van der Waals surface area contributed by atoms with E-state index in [2.05, 4.69) is 21.0 Å². The van der Waals surface area contributed by atoms with E-state index >= 15 is 0 Å². The zero-order valence-corrected chi connectivity index (χ0v) is 13.6. The molecule has 0 amide bonds. The molecule has 0 saturated carbocycles. The molecule has 0 saturated heterocycles. The van der Waals surface area contributed by atoms with E-state index < -0.39 is 0 Å². The van der Waals surface area contributed by atoms with E-state index in [1.807, 2.05) is 22.8 Å². The Bertz CT molecular complexity index is 854. The van der Waals surface area contributed by atoms with Crippen molar-refractivity contribution in [2.75, 3.05) is 6.61 Å². The average molecular weight is 353 g/mol. The fourth-order valence-corrected chi connectivity index (χ4v) is 3.94. The van der Waals surface area contributed by atoms with Crippen LogP contribution in [0.25, 0.3) is 11.2 Å². The molecule has 0 bridgehead atoms. The molecule has 3 aromatic rings. The maximum Gasteiger partial charge on any atom is 0.225 e. The van der Waals surface area contributed by atoms with Crippen LogP contribution in [-0.4, -0.2) is 31.4 Å². The van der Waals surface area contributed by atoms with Gasteiger partial charge in [0.1, 0.15) is 17.9 Å². The van der Waals surface area contributed by atoms with E-state index in [0.29, 0.717) is 24.3 Å². The fraction of sp³-hybridized carbons (Fsp3) is 0.214. The van der Waals surface area contributed by atoms with Gasteiger partial charge in [-0.05, 0) is 23.7 Å². The summed E-state index contributed by atoms with van der Waals surface area (Å²) in [6.45, 7) is 1.34. The summed E-state index contributed by atoms with van der Waals surface area (Å²) in [5, 5.41) is 0.656. The van der Waals surface area contributed by atoms with E-state index in [9.17, 15) is 0 Å². The molecular formula is C14H10Cl2N4OS. The lowest BCUT2D eigenvalue weighted by molar-refractivity contribution is 0.294. The molecule has 0 unspecified atom stereocenters. The number of para-hydroxylation sites is 1. The van der Waals surface area contributed by atoms with E-state index in [-0.39, 0.29) is 15.7 Å². The monoisotopic (exact) mass is 352 g/mol. The zero-order chi connectivity index (χ0) is 15.1. The van der Waals surface area contributed by atoms with E-state index in [4.69, 9.17) is 27.9 Å². The molecule has 4 rings (SSSR count). The minimum absolute atomic E-state index is 0.122. The molecule has 2 aromatic heterocycles. The van der Waals surface area contributed by atoms with E-state index in [0.717, 1.165) is 10.6 Å². The van der Waals surface area contributed by atoms with Gasteiger partial charge in [-0.1, -0.05) is 23.7 Å². The van der Waals surface area contributed by atoms with Crippen LogP contribution in [0.2, 0.25) is 10.4 Å². The number of thioether (sulfide) groups is 1. The van der Waals surface area contributed by atoms with Crippen LogP contribution in [0.5, 0.6) is 5.75 Å². The normalized spacial score (nSPS) is 17.3. The number of halogens is 2. The van der Waals surface area contributed by atoms with Crippen LogP contribution in [0.3, 0.4) is 0 Å². The molecule has 22 heavy (non-hydrogen) atoms. The van der Waals surface area contributed by atoms with Gasteiger partial charge in [-0.2, -0.15) is 4.98 Å². The second-order valence-corrected chi connectivity index (χ2v) is 6.89. The summed E-state index contributed by atoms with van der Waals surface area (Å²) < 4.78 is 7.74. The average Bonchev–Trinajstić information content (AvgIpc) is 2.90. The first-order valence-electron chi connectivity index (χ1n) is 6.63. The predicted molar refractivity (Wildman–Crippen MR) is 86.9 cm³/mol. The summed E-state index contributed by atoms with van der Waals surface area (Å²) in [7, 11) is 0. The highest BCUT2D eigenvalue weighted by Gasteiger charge is 2.22. The molecule has 1 atom stereocenters. The SMILES string of the molecule is Clc1nc(Cl)c2ncn(C[C@@H]3COc4ccccc4S3)c2n1. The predicted octanol–water partition coefficient (Wildman–Crippen LogP) is 3.69. The maximum absolute atomic E-state index is 6.04. The highest BCUT2D eigenvalue weighted by Crippen LogP contribution is 2.37. The van der Waals surface area contributed by atoms with Crippen LogP contribution in [0.15, 0.2) is 35.5 Å². The molecular weight excluding hydrogens is 343 g/mol. The first-order valence-corrected chi connectivity index (χ1v) is 8.26. The van der Waals surface area contributed by atoms with E-state index in [1.165, 1.54) is 0 Å². The third kappa shape index (κ3) is 2.51. The standard InChI is InChI=1S/C14H10Cl2N4OS/c15-12-11-13(19-14(16)18-12)20(7-17-11)5-8-6-21-9-3-1-2-4-10(9)22-8/h1-4,7-8H,5-6H2/t8-/m1/s1. The molecule has 1 aromatic carbocycles. The van der Waals surface area contributed by atoms with Gasteiger partial charge in [0.05, 0.1) is 11.6 Å². The molecule has 0 radical (unpaired) electrons. The lowest BCUT2D eigenvalue weighted by Gasteiger charge is -2.24. The number of fused-ring (bicyclic) bond motifs is 2. The topological polar surface area (TPSA) is 52.8 Å². The van der Waals surface area contributed by atoms with Crippen LogP contribution in [0, 0.1) is 0 Å². The molecule has 1 aliphatic heterocycles. The highest BCUT2D eigenvalue weighted by atomic mass is 35.5. The fourth-order valence-electron chi connectivity index (χ4n) is 2.39. The number of nitrogens with zero attached hydrogens (tertiary/aromatic N) is 4. The lowest BCUT2D eigenvalue weighted by atomic mass is 10.3. The number of hydrogen-bond acceptors (Lipinski definition) is 5. The molecule has 0 aliphatic carbocycles. The van der Waals surface area contributed by atoms with Crippen molar-refractivity contribution < 1.29 is 4.74 Å². The Morgan fingerprint density at radius 3 is 3.05 bits per heavy atom. The van der Waals surface area contributed by atoms with Crippen LogP contribution < -0.4 is 4.74 Å². The summed E-state index contributed by atoms with van der Waals surface area (Å²) in [6, 6.07) is 8.03. The number of imidazole rings is 1. The zero-order valence-electron chi connectivity index (χ0n) is 11.2. The number of rotatable bonds is 2. The summed E-state index contributed by atoms with van der Waals surface area (Å²) in [5.74, 6) is 0.938. The van der Waals surface area contributed by atoms with Crippen molar-refractivity contribution in [1.82, 2.24) is 19.5 Å². The van der Waals surface area contributed by atoms with Gasteiger partial charge in [-0.25, -0.2) is 9.97 Å². The molecule has 0 spiro atoms. The largest absolute Gasteiger partial charge is 0.491 e. The van der Waals surface area contributed by atoms with Crippen LogP contribution in [-0.2, 0) is 6.54 Å². The van der Waals surface area contributed by atoms with Crippen molar-refractivity contribution in [3.63, 3.8) is 0 Å². The Morgan fingerprint density at radius 1 is 1.27 bits per heavy atom. The first kappa shape index (κ1) is 14.1. The molecule has 0 fully saturated rings.